The molecule has 10 nitrogen and oxygen atoms in total. The van der Waals surface area contributed by atoms with Gasteiger partial charge in [-0.25, -0.2) is 18.4 Å². The van der Waals surface area contributed by atoms with Crippen molar-refractivity contribution in [2.75, 3.05) is 31.4 Å². The minimum Gasteiger partial charge on any atom is -0.481 e. The Bertz CT molecular complexity index is 2140. The Hall–Kier alpha value is -4.00. The van der Waals surface area contributed by atoms with Crippen molar-refractivity contribution in [3.63, 3.8) is 0 Å². The molecule has 3 aliphatic rings. The molecule has 8 rings (SSSR count). The number of nitrogens with one attached hydrogen (secondary N) is 1. The number of pyridine rings is 3. The third-order valence-corrected chi connectivity index (χ3v) is 13.3. The van der Waals surface area contributed by atoms with Crippen molar-refractivity contribution in [2.45, 2.75) is 69.2 Å². The SMILES string of the molecule is COc1ccnc(-c2c(CCC3CCOCC3)nc3c(c2-c2cc4ccnc(N[C@@H]5CCc6ncccc65)c4s2)S(=O)(=O)C[C@@H]3C(C)C)n1. The van der Waals surface area contributed by atoms with Gasteiger partial charge in [0.05, 0.1) is 45.5 Å². The first-order valence-electron chi connectivity index (χ1n) is 17.1. The van der Waals surface area contributed by atoms with E-state index in [0.717, 1.165) is 77.5 Å². The minimum atomic E-state index is -3.67. The monoisotopic (exact) mass is 696 g/mol. The Morgan fingerprint density at radius 2 is 1.86 bits per heavy atom. The highest BCUT2D eigenvalue weighted by Crippen LogP contribution is 2.51. The fraction of sp³-hybridized carbons (Fsp3) is 0.432. The summed E-state index contributed by atoms with van der Waals surface area (Å²) in [4.78, 5) is 25.3. The maximum atomic E-state index is 14.3. The number of hydrogen-bond donors (Lipinski definition) is 1. The molecule has 0 spiro atoms. The van der Waals surface area contributed by atoms with Crippen LogP contribution in [0, 0.1) is 11.8 Å². The highest BCUT2D eigenvalue weighted by molar-refractivity contribution is 7.92. The molecule has 7 heterocycles. The Labute approximate surface area is 290 Å². The highest BCUT2D eigenvalue weighted by atomic mass is 32.2. The Kier molecular flexibility index (Phi) is 8.57. The molecule has 0 unspecified atom stereocenters. The van der Waals surface area contributed by atoms with Crippen molar-refractivity contribution >= 4 is 37.1 Å². The van der Waals surface area contributed by atoms with Crippen molar-refractivity contribution in [2.24, 2.45) is 11.8 Å². The maximum absolute atomic E-state index is 14.3. The third-order valence-electron chi connectivity index (χ3n) is 10.3. The van der Waals surface area contributed by atoms with Gasteiger partial charge in [-0.2, -0.15) is 4.98 Å². The van der Waals surface area contributed by atoms with E-state index in [0.29, 0.717) is 45.8 Å². The van der Waals surface area contributed by atoms with Crippen molar-refractivity contribution in [3.8, 4) is 27.7 Å². The first-order valence-corrected chi connectivity index (χ1v) is 19.6. The van der Waals surface area contributed by atoms with Gasteiger partial charge in [0, 0.05) is 59.9 Å². The number of fused-ring (bicyclic) bond motifs is 3. The topological polar surface area (TPSA) is 129 Å². The van der Waals surface area contributed by atoms with Crippen LogP contribution in [0.25, 0.3) is 31.9 Å². The first-order chi connectivity index (χ1) is 23.8. The molecule has 0 bridgehead atoms. The number of ether oxygens (including phenoxy) is 2. The molecule has 254 valence electrons. The standard InChI is InChI=1S/C37H40N6O4S2/c1-21(2)25-20-49(44,45)35-32(29-19-23-10-15-40-37(34(23)48-29)42-27-9-8-26-24(27)5-4-14-38-26)31(36-39-16-11-30(43-36)46-3)28(41-33(25)35)7-6-22-12-17-47-18-13-22/h4-5,10-11,14-16,19,21-22,25,27H,6-9,12-13,17-18,20H2,1-3H3,(H,40,42)/t25-,27-/m1/s1. The molecule has 1 fully saturated rings. The lowest BCUT2D eigenvalue weighted by Gasteiger charge is -2.23. The van der Waals surface area contributed by atoms with E-state index in [1.54, 1.807) is 30.7 Å². The molecule has 12 heteroatoms. The number of aromatic nitrogens is 5. The van der Waals surface area contributed by atoms with Crippen LogP contribution in [0.4, 0.5) is 5.82 Å². The lowest BCUT2D eigenvalue weighted by molar-refractivity contribution is 0.0639. The van der Waals surface area contributed by atoms with Crippen LogP contribution in [0.1, 0.15) is 74.1 Å². The van der Waals surface area contributed by atoms with Gasteiger partial charge in [0.15, 0.2) is 15.7 Å². The average molecular weight is 697 g/mol. The first kappa shape index (κ1) is 32.2. The van der Waals surface area contributed by atoms with Crippen molar-refractivity contribution < 1.29 is 17.9 Å². The van der Waals surface area contributed by atoms with Crippen molar-refractivity contribution in [1.29, 1.82) is 0 Å². The van der Waals surface area contributed by atoms with Crippen LogP contribution in [0.5, 0.6) is 5.88 Å². The molecule has 5 aromatic rings. The number of rotatable bonds is 9. The zero-order valence-electron chi connectivity index (χ0n) is 28.0. The quantitative estimate of drug-likeness (QED) is 0.169. The summed E-state index contributed by atoms with van der Waals surface area (Å²) in [7, 11) is -2.10. The third kappa shape index (κ3) is 5.97. The molecule has 2 aliphatic heterocycles. The van der Waals surface area contributed by atoms with Crippen LogP contribution < -0.4 is 10.1 Å². The zero-order chi connectivity index (χ0) is 33.7. The minimum absolute atomic E-state index is 0.0379. The van der Waals surface area contributed by atoms with Crippen LogP contribution in [0.15, 0.2) is 53.8 Å². The summed E-state index contributed by atoms with van der Waals surface area (Å²) in [5.74, 6) is 2.05. The van der Waals surface area contributed by atoms with Crippen LogP contribution in [-0.4, -0.2) is 59.4 Å². The normalized spacial score (nSPS) is 20.1. The van der Waals surface area contributed by atoms with Gasteiger partial charge in [0.25, 0.3) is 0 Å². The summed E-state index contributed by atoms with van der Waals surface area (Å²) in [5.41, 5.74) is 5.13. The molecule has 1 saturated heterocycles. The van der Waals surface area contributed by atoms with Gasteiger partial charge in [-0.3, -0.25) is 9.97 Å². The fourth-order valence-corrected chi connectivity index (χ4v) is 11.1. The lowest BCUT2D eigenvalue weighted by Crippen LogP contribution is -2.17. The Balaban J connectivity index is 1.33. The average Bonchev–Trinajstić information content (AvgIpc) is 3.81. The Morgan fingerprint density at radius 3 is 2.67 bits per heavy atom. The smallest absolute Gasteiger partial charge is 0.216 e. The number of methoxy groups -OCH3 is 1. The summed E-state index contributed by atoms with van der Waals surface area (Å²) >= 11 is 1.56. The van der Waals surface area contributed by atoms with Gasteiger partial charge >= 0.3 is 0 Å². The number of thiophene rings is 1. The second-order valence-electron chi connectivity index (χ2n) is 13.6. The fourth-order valence-electron chi connectivity index (χ4n) is 7.64. The van der Waals surface area contributed by atoms with Gasteiger partial charge in [0.2, 0.25) is 5.88 Å². The van der Waals surface area contributed by atoms with Gasteiger partial charge in [-0.15, -0.1) is 11.3 Å². The second-order valence-corrected chi connectivity index (χ2v) is 16.7. The van der Waals surface area contributed by atoms with Crippen LogP contribution in [-0.2, 0) is 27.4 Å². The molecule has 0 aromatic carbocycles. The summed E-state index contributed by atoms with van der Waals surface area (Å²) in [6.07, 6.45) is 10.8. The van der Waals surface area contributed by atoms with Gasteiger partial charge in [-0.1, -0.05) is 19.9 Å². The molecule has 2 atom stereocenters. The number of aryl methyl sites for hydroxylation is 2. The van der Waals surface area contributed by atoms with Gasteiger partial charge in [-0.05, 0) is 79.5 Å². The summed E-state index contributed by atoms with van der Waals surface area (Å²) in [6, 6.07) is 10.00. The molecular formula is C37H40N6O4S2. The van der Waals surface area contributed by atoms with E-state index in [1.165, 1.54) is 5.56 Å². The molecule has 0 saturated carbocycles. The van der Waals surface area contributed by atoms with Crippen molar-refractivity contribution in [3.05, 3.63) is 71.6 Å². The van der Waals surface area contributed by atoms with E-state index >= 15 is 0 Å². The summed E-state index contributed by atoms with van der Waals surface area (Å²) < 4.78 is 40.7. The van der Waals surface area contributed by atoms with Crippen LogP contribution >= 0.6 is 11.3 Å². The van der Waals surface area contributed by atoms with E-state index in [9.17, 15) is 8.42 Å². The zero-order valence-corrected chi connectivity index (χ0v) is 29.6. The molecule has 49 heavy (non-hydrogen) atoms. The predicted octanol–water partition coefficient (Wildman–Crippen LogP) is 7.20. The number of anilines is 1. The molecule has 1 aliphatic carbocycles. The van der Waals surface area contributed by atoms with Crippen LogP contribution in [0.2, 0.25) is 0 Å². The summed E-state index contributed by atoms with van der Waals surface area (Å²) in [6.45, 7) is 5.69. The van der Waals surface area contributed by atoms with E-state index < -0.39 is 9.84 Å². The molecule has 0 radical (unpaired) electrons. The maximum Gasteiger partial charge on any atom is 0.216 e. The largest absolute Gasteiger partial charge is 0.481 e. The Morgan fingerprint density at radius 1 is 1.02 bits per heavy atom. The van der Waals surface area contributed by atoms with E-state index in [4.69, 9.17) is 29.4 Å². The van der Waals surface area contributed by atoms with E-state index in [1.807, 2.05) is 24.5 Å². The van der Waals surface area contributed by atoms with E-state index in [2.05, 4.69) is 36.3 Å². The molecule has 1 N–H and O–H groups in total. The highest BCUT2D eigenvalue weighted by Gasteiger charge is 2.43. The molecular weight excluding hydrogens is 657 g/mol. The molecule has 0 amide bonds. The second kappa shape index (κ2) is 13.0. The van der Waals surface area contributed by atoms with E-state index in [-0.39, 0.29) is 23.6 Å². The van der Waals surface area contributed by atoms with Crippen molar-refractivity contribution in [1.82, 2.24) is 24.9 Å². The van der Waals surface area contributed by atoms with Gasteiger partial charge < -0.3 is 14.8 Å². The predicted molar refractivity (Wildman–Crippen MR) is 191 cm³/mol. The number of hydrogen-bond acceptors (Lipinski definition) is 11. The molecule has 5 aromatic heterocycles. The number of nitrogens with zero attached hydrogens (tertiary/aromatic N) is 5. The number of sulfone groups is 1. The van der Waals surface area contributed by atoms with Crippen LogP contribution in [0.3, 0.4) is 0 Å². The lowest BCUT2D eigenvalue weighted by atomic mass is 9.89. The summed E-state index contributed by atoms with van der Waals surface area (Å²) in [5, 5.41) is 4.69. The van der Waals surface area contributed by atoms with Gasteiger partial charge in [0.1, 0.15) is 5.82 Å².